The molecule has 1 aliphatic rings. The molecule has 1 aliphatic carbocycles. The van der Waals surface area contributed by atoms with Crippen LogP contribution in [0.1, 0.15) is 64.7 Å². The number of hydrogen-bond donors (Lipinski definition) is 0. The van der Waals surface area contributed by atoms with Crippen LogP contribution in [0.25, 0.3) is 10.4 Å². The van der Waals surface area contributed by atoms with Gasteiger partial charge in [-0.2, -0.15) is 0 Å². The van der Waals surface area contributed by atoms with Gasteiger partial charge >= 0.3 is 0 Å². The molecule has 3 heteroatoms. The fourth-order valence-corrected chi connectivity index (χ4v) is 2.23. The van der Waals surface area contributed by atoms with Crippen molar-refractivity contribution in [2.45, 2.75) is 70.3 Å². The molecule has 0 aliphatic heterocycles. The van der Waals surface area contributed by atoms with Crippen LogP contribution in [-0.4, -0.2) is 5.54 Å². The lowest BCUT2D eigenvalue weighted by atomic mass is 9.87. The average Bonchev–Trinajstić information content (AvgIpc) is 2.16. The van der Waals surface area contributed by atoms with Gasteiger partial charge in [-0.1, -0.05) is 57.0 Å². The van der Waals surface area contributed by atoms with E-state index in [-0.39, 0.29) is 5.54 Å². The minimum absolute atomic E-state index is 0.105. The molecule has 0 heterocycles. The molecular weight excluding hydrogens is 174 g/mol. The third-order valence-corrected chi connectivity index (χ3v) is 3.22. The summed E-state index contributed by atoms with van der Waals surface area (Å²) in [6.45, 7) is 2.11. The fourth-order valence-electron chi connectivity index (χ4n) is 2.23. The van der Waals surface area contributed by atoms with Crippen molar-refractivity contribution in [2.24, 2.45) is 5.11 Å². The second-order valence-electron chi connectivity index (χ2n) is 4.66. The Bertz CT molecular complexity index is 197. The Morgan fingerprint density at radius 3 is 1.79 bits per heavy atom. The average molecular weight is 195 g/mol. The normalized spacial score (nSPS) is 23.5. The van der Waals surface area contributed by atoms with Crippen molar-refractivity contribution >= 4 is 0 Å². The van der Waals surface area contributed by atoms with E-state index in [1.807, 2.05) is 0 Å². The monoisotopic (exact) mass is 195 g/mol. The molecule has 0 spiro atoms. The Hall–Kier alpha value is -0.690. The molecule has 0 aromatic rings. The zero-order chi connectivity index (χ0) is 10.3. The first-order valence-corrected chi connectivity index (χ1v) is 5.83. The molecule has 1 rings (SSSR count). The number of azide groups is 1. The fraction of sp³-hybridized carbons (Fsp3) is 1.00. The molecular formula is C11H21N3. The van der Waals surface area contributed by atoms with Crippen LogP contribution in [0.5, 0.6) is 0 Å². The van der Waals surface area contributed by atoms with Crippen LogP contribution in [0.15, 0.2) is 5.11 Å². The minimum Gasteiger partial charge on any atom is -0.0876 e. The molecule has 0 aromatic carbocycles. The molecule has 0 radical (unpaired) electrons. The first-order valence-electron chi connectivity index (χ1n) is 5.83. The van der Waals surface area contributed by atoms with Gasteiger partial charge in [-0.15, -0.1) is 0 Å². The molecule has 0 amide bonds. The van der Waals surface area contributed by atoms with E-state index in [0.29, 0.717) is 0 Å². The van der Waals surface area contributed by atoms with Gasteiger partial charge in [0.15, 0.2) is 0 Å². The molecule has 0 atom stereocenters. The molecule has 0 N–H and O–H groups in total. The van der Waals surface area contributed by atoms with Crippen LogP contribution in [0.4, 0.5) is 0 Å². The van der Waals surface area contributed by atoms with E-state index < -0.39 is 0 Å². The van der Waals surface area contributed by atoms with Gasteiger partial charge < -0.3 is 0 Å². The second kappa shape index (κ2) is 5.92. The van der Waals surface area contributed by atoms with E-state index in [1.165, 1.54) is 44.9 Å². The predicted octanol–water partition coefficient (Wildman–Crippen LogP) is 4.58. The van der Waals surface area contributed by atoms with Gasteiger partial charge in [0.05, 0.1) is 0 Å². The summed E-state index contributed by atoms with van der Waals surface area (Å²) < 4.78 is 0. The highest BCUT2D eigenvalue weighted by Gasteiger charge is 2.21. The Morgan fingerprint density at radius 2 is 1.36 bits per heavy atom. The number of rotatable bonds is 1. The predicted molar refractivity (Wildman–Crippen MR) is 59.1 cm³/mol. The maximum atomic E-state index is 8.53. The van der Waals surface area contributed by atoms with Crippen molar-refractivity contribution in [3.8, 4) is 0 Å². The van der Waals surface area contributed by atoms with E-state index in [2.05, 4.69) is 16.9 Å². The maximum Gasteiger partial charge on any atom is 0.0460 e. The topological polar surface area (TPSA) is 48.8 Å². The Balaban J connectivity index is 2.49. The van der Waals surface area contributed by atoms with Crippen LogP contribution in [0.3, 0.4) is 0 Å². The summed E-state index contributed by atoms with van der Waals surface area (Å²) in [5.41, 5.74) is 8.42. The zero-order valence-electron chi connectivity index (χ0n) is 9.21. The molecule has 0 bridgehead atoms. The van der Waals surface area contributed by atoms with Crippen LogP contribution < -0.4 is 0 Å². The zero-order valence-corrected chi connectivity index (χ0v) is 9.21. The van der Waals surface area contributed by atoms with Crippen LogP contribution >= 0.6 is 0 Å². The van der Waals surface area contributed by atoms with Crippen LogP contribution in [0.2, 0.25) is 0 Å². The van der Waals surface area contributed by atoms with Gasteiger partial charge in [-0.3, -0.25) is 0 Å². The molecule has 3 nitrogen and oxygen atoms in total. The third kappa shape index (κ3) is 4.01. The van der Waals surface area contributed by atoms with Gasteiger partial charge in [-0.25, -0.2) is 0 Å². The molecule has 80 valence electrons. The highest BCUT2D eigenvalue weighted by Crippen LogP contribution is 2.28. The quantitative estimate of drug-likeness (QED) is 0.334. The lowest BCUT2D eigenvalue weighted by Crippen LogP contribution is -2.21. The molecule has 1 saturated carbocycles. The highest BCUT2D eigenvalue weighted by molar-refractivity contribution is 4.83. The summed E-state index contributed by atoms with van der Waals surface area (Å²) in [4.78, 5) is 2.98. The van der Waals surface area contributed by atoms with Crippen LogP contribution in [-0.2, 0) is 0 Å². The van der Waals surface area contributed by atoms with E-state index in [9.17, 15) is 0 Å². The number of nitrogens with zero attached hydrogens (tertiary/aromatic N) is 3. The first-order chi connectivity index (χ1) is 6.77. The van der Waals surface area contributed by atoms with Crippen molar-refractivity contribution in [3.63, 3.8) is 0 Å². The smallest absolute Gasteiger partial charge is 0.0460 e. The molecule has 0 saturated heterocycles. The Kier molecular flexibility index (Phi) is 4.81. The summed E-state index contributed by atoms with van der Waals surface area (Å²) in [5, 5.41) is 3.97. The van der Waals surface area contributed by atoms with Gasteiger partial charge in [0.2, 0.25) is 0 Å². The SMILES string of the molecule is CC1(N=[N+]=[N-])CCCCCCCCC1. The van der Waals surface area contributed by atoms with Gasteiger partial charge in [0.1, 0.15) is 0 Å². The lowest BCUT2D eigenvalue weighted by molar-refractivity contribution is 0.352. The largest absolute Gasteiger partial charge is 0.0876 e. The molecule has 14 heavy (non-hydrogen) atoms. The van der Waals surface area contributed by atoms with Crippen molar-refractivity contribution in [2.75, 3.05) is 0 Å². The van der Waals surface area contributed by atoms with Crippen molar-refractivity contribution in [1.82, 2.24) is 0 Å². The number of hydrogen-bond acceptors (Lipinski definition) is 1. The van der Waals surface area contributed by atoms with E-state index in [1.54, 1.807) is 0 Å². The van der Waals surface area contributed by atoms with Gasteiger partial charge in [0.25, 0.3) is 0 Å². The van der Waals surface area contributed by atoms with Crippen molar-refractivity contribution in [1.29, 1.82) is 0 Å². The summed E-state index contributed by atoms with van der Waals surface area (Å²) in [5.74, 6) is 0. The molecule has 0 unspecified atom stereocenters. The minimum atomic E-state index is -0.105. The molecule has 1 fully saturated rings. The van der Waals surface area contributed by atoms with E-state index in [4.69, 9.17) is 5.53 Å². The second-order valence-corrected chi connectivity index (χ2v) is 4.66. The lowest BCUT2D eigenvalue weighted by Gasteiger charge is -2.24. The van der Waals surface area contributed by atoms with Crippen LogP contribution in [0, 0.1) is 0 Å². The summed E-state index contributed by atoms with van der Waals surface area (Å²) in [6.07, 6.45) is 11.3. The molecule has 0 aromatic heterocycles. The summed E-state index contributed by atoms with van der Waals surface area (Å²) >= 11 is 0. The van der Waals surface area contributed by atoms with E-state index >= 15 is 0 Å². The Morgan fingerprint density at radius 1 is 0.929 bits per heavy atom. The van der Waals surface area contributed by atoms with Crippen molar-refractivity contribution < 1.29 is 0 Å². The van der Waals surface area contributed by atoms with Crippen molar-refractivity contribution in [3.05, 3.63) is 10.4 Å². The highest BCUT2D eigenvalue weighted by atomic mass is 15.2. The van der Waals surface area contributed by atoms with Gasteiger partial charge in [0, 0.05) is 10.5 Å². The summed E-state index contributed by atoms with van der Waals surface area (Å²) in [7, 11) is 0. The summed E-state index contributed by atoms with van der Waals surface area (Å²) in [6, 6.07) is 0. The standard InChI is InChI=1S/C11H21N3/c1-11(13-14-12)9-7-5-3-2-4-6-8-10-11/h2-10H2,1H3. The maximum absolute atomic E-state index is 8.53. The van der Waals surface area contributed by atoms with Gasteiger partial charge in [-0.05, 0) is 18.4 Å². The first kappa shape index (κ1) is 11.4. The third-order valence-electron chi connectivity index (χ3n) is 3.22. The Labute approximate surface area is 86.5 Å². The van der Waals surface area contributed by atoms with E-state index in [0.717, 1.165) is 12.8 Å².